The van der Waals surface area contributed by atoms with Gasteiger partial charge in [0.25, 0.3) is 5.91 Å². The van der Waals surface area contributed by atoms with E-state index in [4.69, 9.17) is 15.2 Å². The van der Waals surface area contributed by atoms with Crippen LogP contribution < -0.4 is 25.8 Å². The molecule has 7 nitrogen and oxygen atoms in total. The van der Waals surface area contributed by atoms with Crippen molar-refractivity contribution in [3.05, 3.63) is 35.2 Å². The molecule has 2 aromatic rings. The number of hydrogen-bond donors (Lipinski definition) is 3. The van der Waals surface area contributed by atoms with Crippen LogP contribution in [-0.4, -0.2) is 32.1 Å². The first-order chi connectivity index (χ1) is 11.5. The van der Waals surface area contributed by atoms with Crippen LogP contribution >= 0.6 is 11.3 Å². The first-order valence-corrected chi connectivity index (χ1v) is 8.01. The third-order valence-corrected chi connectivity index (χ3v) is 4.17. The Morgan fingerprint density at radius 2 is 1.96 bits per heavy atom. The van der Waals surface area contributed by atoms with E-state index in [9.17, 15) is 9.59 Å². The number of rotatable bonds is 7. The van der Waals surface area contributed by atoms with Crippen molar-refractivity contribution in [2.75, 3.05) is 24.9 Å². The van der Waals surface area contributed by atoms with Crippen molar-refractivity contribution in [3.63, 3.8) is 0 Å². The maximum absolute atomic E-state index is 12.3. The summed E-state index contributed by atoms with van der Waals surface area (Å²) >= 11 is 1.24. The second-order valence-corrected chi connectivity index (χ2v) is 5.87. The molecule has 1 aromatic carbocycles. The predicted octanol–water partition coefficient (Wildman–Crippen LogP) is 2.30. The molecule has 0 saturated heterocycles. The number of hydrogen-bond acceptors (Lipinski definition) is 6. The highest BCUT2D eigenvalue weighted by molar-refractivity contribution is 7.14. The molecule has 1 atom stereocenters. The number of nitrogens with two attached hydrogens (primary N) is 1. The van der Waals surface area contributed by atoms with Gasteiger partial charge in [-0.15, -0.1) is 11.3 Å². The normalized spacial score (nSPS) is 11.5. The maximum atomic E-state index is 12.3. The molecule has 0 aliphatic rings. The standard InChI is InChI=1S/C16H19N3O4S/c1-9(15(21)19-16-11(14(17)20)6-7-24-16)18-12-5-4-10(22-2)8-13(12)23-3/h4-9,18H,1-3H3,(H2,17,20)(H,19,21)/t9-/m0/s1. The van der Waals surface area contributed by atoms with E-state index in [-0.39, 0.29) is 5.91 Å². The van der Waals surface area contributed by atoms with Gasteiger partial charge in [-0.3, -0.25) is 9.59 Å². The minimum Gasteiger partial charge on any atom is -0.497 e. The van der Waals surface area contributed by atoms with Gasteiger partial charge >= 0.3 is 0 Å². The molecule has 0 fully saturated rings. The van der Waals surface area contributed by atoms with E-state index in [0.717, 1.165) is 0 Å². The Kier molecular flexibility index (Phi) is 5.64. The minimum absolute atomic E-state index is 0.294. The van der Waals surface area contributed by atoms with E-state index in [1.807, 2.05) is 0 Å². The van der Waals surface area contributed by atoms with Gasteiger partial charge in [-0.25, -0.2) is 0 Å². The lowest BCUT2D eigenvalue weighted by molar-refractivity contribution is -0.116. The molecule has 8 heteroatoms. The molecule has 0 saturated carbocycles. The van der Waals surface area contributed by atoms with Crippen LogP contribution in [0.4, 0.5) is 10.7 Å². The van der Waals surface area contributed by atoms with Gasteiger partial charge in [0, 0.05) is 6.07 Å². The molecule has 2 rings (SSSR count). The molecule has 128 valence electrons. The number of anilines is 2. The Labute approximate surface area is 143 Å². The number of carbonyl (C=O) groups is 2. The number of primary amides is 1. The summed E-state index contributed by atoms with van der Waals surface area (Å²) in [5.41, 5.74) is 6.22. The molecule has 0 spiro atoms. The van der Waals surface area contributed by atoms with Gasteiger partial charge in [0.05, 0.1) is 25.5 Å². The van der Waals surface area contributed by atoms with Crippen molar-refractivity contribution in [2.24, 2.45) is 5.73 Å². The van der Waals surface area contributed by atoms with Crippen LogP contribution in [0.5, 0.6) is 11.5 Å². The molecular formula is C16H19N3O4S. The highest BCUT2D eigenvalue weighted by atomic mass is 32.1. The highest BCUT2D eigenvalue weighted by Gasteiger charge is 2.18. The van der Waals surface area contributed by atoms with Gasteiger partial charge < -0.3 is 25.8 Å². The largest absolute Gasteiger partial charge is 0.497 e. The summed E-state index contributed by atoms with van der Waals surface area (Å²) in [4.78, 5) is 23.6. The zero-order valence-corrected chi connectivity index (χ0v) is 14.4. The average Bonchev–Trinajstić information content (AvgIpc) is 3.03. The number of ether oxygens (including phenoxy) is 2. The molecule has 0 aliphatic heterocycles. The van der Waals surface area contributed by atoms with E-state index >= 15 is 0 Å². The van der Waals surface area contributed by atoms with Crippen LogP contribution in [0.25, 0.3) is 0 Å². The molecular weight excluding hydrogens is 330 g/mol. The van der Waals surface area contributed by atoms with E-state index in [1.165, 1.54) is 18.4 Å². The predicted molar refractivity (Wildman–Crippen MR) is 94.1 cm³/mol. The number of carbonyl (C=O) groups excluding carboxylic acids is 2. The fourth-order valence-corrected chi connectivity index (χ4v) is 2.83. The zero-order valence-electron chi connectivity index (χ0n) is 13.6. The summed E-state index contributed by atoms with van der Waals surface area (Å²) in [5.74, 6) is 0.337. The monoisotopic (exact) mass is 349 g/mol. The fourth-order valence-electron chi connectivity index (χ4n) is 2.04. The Balaban J connectivity index is 2.09. The summed E-state index contributed by atoms with van der Waals surface area (Å²) in [6.07, 6.45) is 0. The van der Waals surface area contributed by atoms with E-state index < -0.39 is 11.9 Å². The lowest BCUT2D eigenvalue weighted by Crippen LogP contribution is -2.32. The van der Waals surface area contributed by atoms with Crippen molar-refractivity contribution in [2.45, 2.75) is 13.0 Å². The Morgan fingerprint density at radius 1 is 1.21 bits per heavy atom. The fraction of sp³-hybridized carbons (Fsp3) is 0.250. The lowest BCUT2D eigenvalue weighted by Gasteiger charge is -2.17. The van der Waals surface area contributed by atoms with Crippen LogP contribution in [-0.2, 0) is 4.79 Å². The number of benzene rings is 1. The van der Waals surface area contributed by atoms with Crippen LogP contribution in [0.15, 0.2) is 29.6 Å². The lowest BCUT2D eigenvalue weighted by atomic mass is 10.2. The molecule has 1 heterocycles. The van der Waals surface area contributed by atoms with E-state index in [2.05, 4.69) is 10.6 Å². The molecule has 24 heavy (non-hydrogen) atoms. The topological polar surface area (TPSA) is 103 Å². The summed E-state index contributed by atoms with van der Waals surface area (Å²) in [7, 11) is 3.10. The molecule has 0 bridgehead atoms. The van der Waals surface area contributed by atoms with Crippen LogP contribution in [0.2, 0.25) is 0 Å². The average molecular weight is 349 g/mol. The Hall–Kier alpha value is -2.74. The number of amides is 2. The number of thiophene rings is 1. The van der Waals surface area contributed by atoms with Gasteiger partial charge in [-0.2, -0.15) is 0 Å². The van der Waals surface area contributed by atoms with Gasteiger partial charge in [-0.05, 0) is 30.5 Å². The second kappa shape index (κ2) is 7.69. The van der Waals surface area contributed by atoms with Crippen molar-refractivity contribution < 1.29 is 19.1 Å². The molecule has 0 radical (unpaired) electrons. The highest BCUT2D eigenvalue weighted by Crippen LogP contribution is 2.30. The number of methoxy groups -OCH3 is 2. The molecule has 0 aliphatic carbocycles. The van der Waals surface area contributed by atoms with E-state index in [0.29, 0.717) is 27.8 Å². The smallest absolute Gasteiger partial charge is 0.251 e. The first kappa shape index (κ1) is 17.6. The summed E-state index contributed by atoms with van der Waals surface area (Å²) in [5, 5.41) is 7.90. The minimum atomic E-state index is -0.580. The zero-order chi connectivity index (χ0) is 17.7. The Morgan fingerprint density at radius 3 is 2.58 bits per heavy atom. The van der Waals surface area contributed by atoms with Crippen LogP contribution in [0.3, 0.4) is 0 Å². The third-order valence-electron chi connectivity index (χ3n) is 3.34. The summed E-state index contributed by atoms with van der Waals surface area (Å²) in [6.45, 7) is 1.70. The molecule has 4 N–H and O–H groups in total. The van der Waals surface area contributed by atoms with Crippen molar-refractivity contribution in [1.29, 1.82) is 0 Å². The first-order valence-electron chi connectivity index (χ1n) is 7.13. The van der Waals surface area contributed by atoms with Crippen molar-refractivity contribution >= 4 is 33.8 Å². The van der Waals surface area contributed by atoms with Crippen molar-refractivity contribution in [1.82, 2.24) is 0 Å². The molecule has 0 unspecified atom stereocenters. The van der Waals surface area contributed by atoms with Crippen LogP contribution in [0.1, 0.15) is 17.3 Å². The van der Waals surface area contributed by atoms with Gasteiger partial charge in [-0.1, -0.05) is 0 Å². The third kappa shape index (κ3) is 3.96. The summed E-state index contributed by atoms with van der Waals surface area (Å²) < 4.78 is 10.4. The molecule has 2 amide bonds. The molecule has 1 aromatic heterocycles. The van der Waals surface area contributed by atoms with E-state index in [1.54, 1.807) is 43.7 Å². The second-order valence-electron chi connectivity index (χ2n) is 4.95. The quantitative estimate of drug-likeness (QED) is 0.712. The van der Waals surface area contributed by atoms with Crippen molar-refractivity contribution in [3.8, 4) is 11.5 Å². The van der Waals surface area contributed by atoms with Crippen LogP contribution in [0, 0.1) is 0 Å². The maximum Gasteiger partial charge on any atom is 0.251 e. The number of nitrogens with one attached hydrogen (secondary N) is 2. The SMILES string of the molecule is COc1ccc(N[C@@H](C)C(=O)Nc2sccc2C(N)=O)c(OC)c1. The summed E-state index contributed by atoms with van der Waals surface area (Å²) in [6, 6.07) is 6.27. The van der Waals surface area contributed by atoms with Gasteiger partial charge in [0.15, 0.2) is 0 Å². The van der Waals surface area contributed by atoms with Gasteiger partial charge in [0.2, 0.25) is 5.91 Å². The Bertz CT molecular complexity index is 745. The van der Waals surface area contributed by atoms with Gasteiger partial charge in [0.1, 0.15) is 22.5 Å².